The third kappa shape index (κ3) is 3.06. The van der Waals surface area contributed by atoms with Gasteiger partial charge in [-0.3, -0.25) is 4.79 Å². The van der Waals surface area contributed by atoms with Gasteiger partial charge in [-0.1, -0.05) is 0 Å². The third-order valence-electron chi connectivity index (χ3n) is 3.35. The second-order valence-electron chi connectivity index (χ2n) is 5.10. The highest BCUT2D eigenvalue weighted by Gasteiger charge is 2.05. The van der Waals surface area contributed by atoms with Gasteiger partial charge >= 0.3 is 0 Å². The SMILES string of the molecule is Cc1cc2c(=O)n(CCNCc3ccc(C)s3)ccn2n1. The van der Waals surface area contributed by atoms with E-state index in [0.717, 1.165) is 18.8 Å². The monoisotopic (exact) mass is 302 g/mol. The molecule has 0 aliphatic rings. The van der Waals surface area contributed by atoms with Crippen molar-refractivity contribution in [2.45, 2.75) is 26.9 Å². The van der Waals surface area contributed by atoms with Crippen molar-refractivity contribution in [1.82, 2.24) is 19.5 Å². The average Bonchev–Trinajstić information content (AvgIpc) is 3.03. The van der Waals surface area contributed by atoms with Crippen LogP contribution in [0.15, 0.2) is 35.4 Å². The molecule has 3 heterocycles. The normalized spacial score (nSPS) is 11.3. The van der Waals surface area contributed by atoms with Gasteiger partial charge in [0, 0.05) is 41.8 Å². The van der Waals surface area contributed by atoms with Gasteiger partial charge < -0.3 is 9.88 Å². The molecule has 0 aliphatic carbocycles. The molecule has 0 aromatic carbocycles. The predicted octanol–water partition coefficient (Wildman–Crippen LogP) is 1.96. The van der Waals surface area contributed by atoms with Gasteiger partial charge in [0.25, 0.3) is 5.56 Å². The number of aromatic nitrogens is 3. The molecule has 3 rings (SSSR count). The van der Waals surface area contributed by atoms with E-state index in [2.05, 4.69) is 29.5 Å². The van der Waals surface area contributed by atoms with Crippen LogP contribution in [0.4, 0.5) is 0 Å². The van der Waals surface area contributed by atoms with Crippen LogP contribution in [0.25, 0.3) is 5.52 Å². The zero-order chi connectivity index (χ0) is 14.8. The summed E-state index contributed by atoms with van der Waals surface area (Å²) in [5.74, 6) is 0. The van der Waals surface area contributed by atoms with Gasteiger partial charge in [0.15, 0.2) is 0 Å². The lowest BCUT2D eigenvalue weighted by Crippen LogP contribution is -2.27. The van der Waals surface area contributed by atoms with E-state index in [-0.39, 0.29) is 5.56 Å². The maximum atomic E-state index is 12.3. The summed E-state index contributed by atoms with van der Waals surface area (Å²) in [4.78, 5) is 14.9. The molecule has 3 aromatic rings. The van der Waals surface area contributed by atoms with Crippen molar-refractivity contribution in [3.05, 3.63) is 56.4 Å². The maximum Gasteiger partial charge on any atom is 0.276 e. The zero-order valence-corrected chi connectivity index (χ0v) is 13.0. The van der Waals surface area contributed by atoms with Gasteiger partial charge in [0.1, 0.15) is 5.52 Å². The van der Waals surface area contributed by atoms with Crippen LogP contribution >= 0.6 is 11.3 Å². The largest absolute Gasteiger partial charge is 0.311 e. The molecule has 0 fully saturated rings. The molecule has 3 aromatic heterocycles. The Bertz CT molecular complexity index is 815. The molecule has 0 radical (unpaired) electrons. The lowest BCUT2D eigenvalue weighted by molar-refractivity contribution is 0.585. The highest BCUT2D eigenvalue weighted by atomic mass is 32.1. The molecule has 0 aliphatic heterocycles. The minimum absolute atomic E-state index is 0.00636. The lowest BCUT2D eigenvalue weighted by Gasteiger charge is -2.07. The molecular formula is C15H18N4OS. The number of thiophene rings is 1. The second kappa shape index (κ2) is 5.83. The summed E-state index contributed by atoms with van der Waals surface area (Å²) in [6.07, 6.45) is 3.62. The van der Waals surface area contributed by atoms with Gasteiger partial charge in [-0.05, 0) is 32.0 Å². The number of nitrogens with zero attached hydrogens (tertiary/aromatic N) is 3. The van der Waals surface area contributed by atoms with Crippen LogP contribution in [0.2, 0.25) is 0 Å². The Labute approximate surface area is 126 Å². The van der Waals surface area contributed by atoms with Crippen molar-refractivity contribution >= 4 is 16.9 Å². The van der Waals surface area contributed by atoms with E-state index in [1.54, 1.807) is 26.6 Å². The van der Waals surface area contributed by atoms with Crippen molar-refractivity contribution in [2.24, 2.45) is 0 Å². The molecule has 0 spiro atoms. The molecule has 0 amide bonds. The Hall–Kier alpha value is -1.92. The highest BCUT2D eigenvalue weighted by Crippen LogP contribution is 2.14. The van der Waals surface area contributed by atoms with Crippen LogP contribution < -0.4 is 10.9 Å². The molecule has 5 nitrogen and oxygen atoms in total. The quantitative estimate of drug-likeness (QED) is 0.733. The maximum absolute atomic E-state index is 12.3. The van der Waals surface area contributed by atoms with E-state index in [1.165, 1.54) is 9.75 Å². The van der Waals surface area contributed by atoms with E-state index >= 15 is 0 Å². The van der Waals surface area contributed by atoms with Gasteiger partial charge in [-0.15, -0.1) is 11.3 Å². The molecular weight excluding hydrogens is 284 g/mol. The molecule has 110 valence electrons. The minimum atomic E-state index is 0.00636. The average molecular weight is 302 g/mol. The third-order valence-corrected chi connectivity index (χ3v) is 4.35. The fourth-order valence-corrected chi connectivity index (χ4v) is 3.18. The Morgan fingerprint density at radius 1 is 1.29 bits per heavy atom. The van der Waals surface area contributed by atoms with Crippen molar-refractivity contribution in [3.8, 4) is 0 Å². The summed E-state index contributed by atoms with van der Waals surface area (Å²) < 4.78 is 3.36. The molecule has 21 heavy (non-hydrogen) atoms. The van der Waals surface area contributed by atoms with Crippen molar-refractivity contribution in [1.29, 1.82) is 0 Å². The molecule has 0 saturated heterocycles. The van der Waals surface area contributed by atoms with E-state index in [4.69, 9.17) is 0 Å². The first-order valence-electron chi connectivity index (χ1n) is 6.95. The summed E-state index contributed by atoms with van der Waals surface area (Å²) in [7, 11) is 0. The summed E-state index contributed by atoms with van der Waals surface area (Å²) in [6.45, 7) is 6.27. The molecule has 0 saturated carbocycles. The first kappa shape index (κ1) is 14.0. The number of nitrogens with one attached hydrogen (secondary N) is 1. The Morgan fingerprint density at radius 3 is 2.90 bits per heavy atom. The smallest absolute Gasteiger partial charge is 0.276 e. The topological polar surface area (TPSA) is 51.3 Å². The Balaban J connectivity index is 1.62. The molecule has 1 N–H and O–H groups in total. The molecule has 0 unspecified atom stereocenters. The standard InChI is InChI=1S/C15H18N4OS/c1-11-9-14-15(20)18(7-8-19(14)17-11)6-5-16-10-13-4-3-12(2)21-13/h3-4,7-9,16H,5-6,10H2,1-2H3. The lowest BCUT2D eigenvalue weighted by atomic mass is 10.4. The van der Waals surface area contributed by atoms with Crippen molar-refractivity contribution in [2.75, 3.05) is 6.54 Å². The molecule has 0 bridgehead atoms. The summed E-state index contributed by atoms with van der Waals surface area (Å²) >= 11 is 1.80. The molecule has 0 atom stereocenters. The van der Waals surface area contributed by atoms with Crippen LogP contribution in [-0.2, 0) is 13.1 Å². The number of hydrogen-bond donors (Lipinski definition) is 1. The summed E-state index contributed by atoms with van der Waals surface area (Å²) in [5, 5.41) is 7.61. The number of aryl methyl sites for hydroxylation is 2. The summed E-state index contributed by atoms with van der Waals surface area (Å²) in [5.41, 5.74) is 1.49. The van der Waals surface area contributed by atoms with Gasteiger partial charge in [0.05, 0.1) is 5.69 Å². The molecule has 6 heteroatoms. The van der Waals surface area contributed by atoms with E-state index in [0.29, 0.717) is 12.1 Å². The van der Waals surface area contributed by atoms with Crippen LogP contribution in [0.1, 0.15) is 15.4 Å². The van der Waals surface area contributed by atoms with E-state index in [9.17, 15) is 4.79 Å². The van der Waals surface area contributed by atoms with Gasteiger partial charge in [0.2, 0.25) is 0 Å². The Morgan fingerprint density at radius 2 is 2.14 bits per heavy atom. The van der Waals surface area contributed by atoms with E-state index < -0.39 is 0 Å². The highest BCUT2D eigenvalue weighted by molar-refractivity contribution is 7.11. The van der Waals surface area contributed by atoms with Crippen LogP contribution in [0, 0.1) is 13.8 Å². The van der Waals surface area contributed by atoms with E-state index in [1.807, 2.05) is 19.2 Å². The fraction of sp³-hybridized carbons (Fsp3) is 0.333. The second-order valence-corrected chi connectivity index (χ2v) is 6.47. The predicted molar refractivity (Wildman–Crippen MR) is 85.0 cm³/mol. The Kier molecular flexibility index (Phi) is 3.90. The van der Waals surface area contributed by atoms with Crippen LogP contribution in [0.5, 0.6) is 0 Å². The van der Waals surface area contributed by atoms with Gasteiger partial charge in [-0.25, -0.2) is 4.52 Å². The van der Waals surface area contributed by atoms with Crippen molar-refractivity contribution < 1.29 is 0 Å². The number of rotatable bonds is 5. The van der Waals surface area contributed by atoms with Crippen molar-refractivity contribution in [3.63, 3.8) is 0 Å². The number of hydrogen-bond acceptors (Lipinski definition) is 4. The first-order valence-corrected chi connectivity index (χ1v) is 7.76. The zero-order valence-electron chi connectivity index (χ0n) is 12.2. The first-order chi connectivity index (χ1) is 10.1. The fourth-order valence-electron chi connectivity index (χ4n) is 2.32. The van der Waals surface area contributed by atoms with Crippen LogP contribution in [-0.4, -0.2) is 20.7 Å². The number of fused-ring (bicyclic) bond motifs is 1. The minimum Gasteiger partial charge on any atom is -0.311 e. The summed E-state index contributed by atoms with van der Waals surface area (Å²) in [6, 6.07) is 6.09. The van der Waals surface area contributed by atoms with Gasteiger partial charge in [-0.2, -0.15) is 5.10 Å². The van der Waals surface area contributed by atoms with Crippen LogP contribution in [0.3, 0.4) is 0 Å².